The molecule has 0 spiro atoms. The van der Waals surface area contributed by atoms with Crippen molar-refractivity contribution >= 4 is 17.4 Å². The highest BCUT2D eigenvalue weighted by Gasteiger charge is 2.49. The van der Waals surface area contributed by atoms with Gasteiger partial charge in [0, 0.05) is 37.2 Å². The lowest BCUT2D eigenvalue weighted by atomic mass is 9.86. The average Bonchev–Trinajstić information content (AvgIpc) is 3.66. The molecule has 4 aliphatic rings. The summed E-state index contributed by atoms with van der Waals surface area (Å²) in [5, 5.41) is 0. The number of carbonyl (C=O) groups is 2. The van der Waals surface area contributed by atoms with Crippen molar-refractivity contribution in [2.24, 2.45) is 17.6 Å². The molecule has 0 bridgehead atoms. The second kappa shape index (κ2) is 9.02. The van der Waals surface area contributed by atoms with Gasteiger partial charge in [0.25, 0.3) is 5.91 Å². The standard InChI is InChI=1S/C27H31N5O3/c28-25-23-22(17-10-12-21(13-11-17)35-20-6-2-1-3-7-20)16-32(24(23)26(33)30-29-25)19-5-4-14-31(15-19)27(34)18-8-9-18/h1-3,6-7,10-13,16,18-19,23-25,29H,4-5,8-9,14-15,28H2,(H,30,33)/t19-,23?,24?,25?/m1/s1. The first-order valence-electron chi connectivity index (χ1n) is 12.5. The number of nitrogens with two attached hydrogens (primary N) is 1. The molecule has 6 rings (SSSR count). The van der Waals surface area contributed by atoms with Crippen LogP contribution in [0.15, 0.2) is 60.8 Å². The SMILES string of the molecule is NC1NNC(=O)C2C1C(c1ccc(Oc3ccccc3)cc1)=CN2[C@@H]1CCCN(C(=O)C2CC2)C1. The molecular formula is C27H31N5O3. The molecule has 1 saturated carbocycles. The summed E-state index contributed by atoms with van der Waals surface area (Å²) >= 11 is 0. The van der Waals surface area contributed by atoms with E-state index in [4.69, 9.17) is 10.5 Å². The zero-order valence-electron chi connectivity index (χ0n) is 19.6. The molecule has 2 saturated heterocycles. The Labute approximate surface area is 205 Å². The van der Waals surface area contributed by atoms with Crippen molar-refractivity contribution in [1.29, 1.82) is 0 Å². The Morgan fingerprint density at radius 2 is 1.74 bits per heavy atom. The maximum atomic E-state index is 13.0. The van der Waals surface area contributed by atoms with Gasteiger partial charge in [-0.1, -0.05) is 30.3 Å². The van der Waals surface area contributed by atoms with Gasteiger partial charge in [0.05, 0.1) is 6.17 Å². The van der Waals surface area contributed by atoms with Gasteiger partial charge in [-0.3, -0.25) is 15.0 Å². The fourth-order valence-electron chi connectivity index (χ4n) is 5.62. The first kappa shape index (κ1) is 22.1. The van der Waals surface area contributed by atoms with Crippen molar-refractivity contribution in [3.05, 3.63) is 66.4 Å². The van der Waals surface area contributed by atoms with Gasteiger partial charge in [0.15, 0.2) is 0 Å². The number of nitrogens with one attached hydrogen (secondary N) is 2. The molecule has 3 fully saturated rings. The molecule has 8 nitrogen and oxygen atoms in total. The van der Waals surface area contributed by atoms with E-state index in [1.165, 1.54) is 0 Å². The van der Waals surface area contributed by atoms with E-state index < -0.39 is 12.2 Å². The van der Waals surface area contributed by atoms with Gasteiger partial charge in [-0.25, -0.2) is 5.43 Å². The highest BCUT2D eigenvalue weighted by Crippen LogP contribution is 2.41. The van der Waals surface area contributed by atoms with Crippen LogP contribution in [0.3, 0.4) is 0 Å². The number of hydrogen-bond donors (Lipinski definition) is 3. The molecule has 3 heterocycles. The van der Waals surface area contributed by atoms with Crippen LogP contribution in [0.4, 0.5) is 0 Å². The number of benzene rings is 2. The number of fused-ring (bicyclic) bond motifs is 1. The van der Waals surface area contributed by atoms with E-state index in [0.717, 1.165) is 54.9 Å². The molecular weight excluding hydrogens is 442 g/mol. The minimum absolute atomic E-state index is 0.0855. The number of rotatable bonds is 5. The summed E-state index contributed by atoms with van der Waals surface area (Å²) in [6.45, 7) is 1.46. The summed E-state index contributed by atoms with van der Waals surface area (Å²) in [7, 11) is 0. The Morgan fingerprint density at radius 3 is 2.49 bits per heavy atom. The number of likely N-dealkylation sites (tertiary alicyclic amines) is 1. The van der Waals surface area contributed by atoms with Crippen LogP contribution in [0.5, 0.6) is 11.5 Å². The lowest BCUT2D eigenvalue weighted by molar-refractivity contribution is -0.136. The van der Waals surface area contributed by atoms with Crippen molar-refractivity contribution < 1.29 is 14.3 Å². The van der Waals surface area contributed by atoms with Crippen LogP contribution in [-0.2, 0) is 9.59 Å². The largest absolute Gasteiger partial charge is 0.457 e. The average molecular weight is 474 g/mol. The molecule has 4 N–H and O–H groups in total. The van der Waals surface area contributed by atoms with Crippen LogP contribution in [0.25, 0.3) is 5.57 Å². The Kier molecular flexibility index (Phi) is 5.70. The summed E-state index contributed by atoms with van der Waals surface area (Å²) in [6.07, 6.45) is 5.59. The molecule has 1 aliphatic carbocycles. The lowest BCUT2D eigenvalue weighted by Gasteiger charge is -2.43. The van der Waals surface area contributed by atoms with E-state index in [1.807, 2.05) is 59.5 Å². The second-order valence-corrected chi connectivity index (χ2v) is 9.96. The van der Waals surface area contributed by atoms with E-state index in [-0.39, 0.29) is 29.7 Å². The fourth-order valence-corrected chi connectivity index (χ4v) is 5.62. The van der Waals surface area contributed by atoms with Gasteiger partial charge >= 0.3 is 0 Å². The molecule has 4 atom stereocenters. The molecule has 0 aromatic heterocycles. The number of para-hydroxylation sites is 1. The fraction of sp³-hybridized carbons (Fsp3) is 0.407. The number of ether oxygens (including phenoxy) is 1. The molecule has 2 aromatic carbocycles. The number of hydrogen-bond acceptors (Lipinski definition) is 6. The van der Waals surface area contributed by atoms with Crippen molar-refractivity contribution in [1.82, 2.24) is 20.7 Å². The molecule has 182 valence electrons. The molecule has 2 amide bonds. The van der Waals surface area contributed by atoms with Gasteiger partial charge in [-0.15, -0.1) is 0 Å². The topological polar surface area (TPSA) is 99.9 Å². The van der Waals surface area contributed by atoms with Crippen LogP contribution in [0.2, 0.25) is 0 Å². The Hall–Kier alpha value is -3.36. The monoisotopic (exact) mass is 473 g/mol. The Morgan fingerprint density at radius 1 is 1.00 bits per heavy atom. The van der Waals surface area contributed by atoms with Crippen molar-refractivity contribution in [3.63, 3.8) is 0 Å². The Balaban J connectivity index is 1.27. The van der Waals surface area contributed by atoms with Crippen molar-refractivity contribution in [2.45, 2.75) is 43.9 Å². The third-order valence-corrected chi connectivity index (χ3v) is 7.55. The maximum absolute atomic E-state index is 13.0. The van der Waals surface area contributed by atoms with E-state index in [9.17, 15) is 9.59 Å². The summed E-state index contributed by atoms with van der Waals surface area (Å²) in [5.41, 5.74) is 14.2. The number of nitrogens with zero attached hydrogens (tertiary/aromatic N) is 2. The van der Waals surface area contributed by atoms with Gasteiger partial charge in [-0.2, -0.15) is 0 Å². The van der Waals surface area contributed by atoms with Crippen LogP contribution >= 0.6 is 0 Å². The number of hydrazine groups is 1. The van der Waals surface area contributed by atoms with E-state index in [0.29, 0.717) is 6.54 Å². The summed E-state index contributed by atoms with van der Waals surface area (Å²) in [4.78, 5) is 29.9. The van der Waals surface area contributed by atoms with E-state index >= 15 is 0 Å². The van der Waals surface area contributed by atoms with Gasteiger partial charge in [0.1, 0.15) is 17.5 Å². The van der Waals surface area contributed by atoms with Crippen LogP contribution < -0.4 is 21.3 Å². The molecule has 35 heavy (non-hydrogen) atoms. The second-order valence-electron chi connectivity index (χ2n) is 9.96. The first-order chi connectivity index (χ1) is 17.1. The highest BCUT2D eigenvalue weighted by molar-refractivity contribution is 5.89. The van der Waals surface area contributed by atoms with Gasteiger partial charge < -0.3 is 20.3 Å². The number of amides is 2. The predicted molar refractivity (Wildman–Crippen MR) is 132 cm³/mol. The van der Waals surface area contributed by atoms with Gasteiger partial charge in [0.2, 0.25) is 5.91 Å². The van der Waals surface area contributed by atoms with E-state index in [2.05, 4.69) is 22.0 Å². The zero-order valence-corrected chi connectivity index (χ0v) is 19.6. The predicted octanol–water partition coefficient (Wildman–Crippen LogP) is 2.44. The van der Waals surface area contributed by atoms with Crippen molar-refractivity contribution in [2.75, 3.05) is 13.1 Å². The summed E-state index contributed by atoms with van der Waals surface area (Å²) < 4.78 is 5.95. The zero-order chi connectivity index (χ0) is 23.9. The van der Waals surface area contributed by atoms with E-state index in [1.54, 1.807) is 0 Å². The minimum Gasteiger partial charge on any atom is -0.457 e. The smallest absolute Gasteiger partial charge is 0.257 e. The molecule has 2 aromatic rings. The minimum atomic E-state index is -0.415. The highest BCUT2D eigenvalue weighted by atomic mass is 16.5. The summed E-state index contributed by atoms with van der Waals surface area (Å²) in [5.74, 6) is 1.73. The lowest BCUT2D eigenvalue weighted by Crippen LogP contribution is -2.67. The molecule has 0 radical (unpaired) electrons. The summed E-state index contributed by atoms with van der Waals surface area (Å²) in [6, 6.07) is 17.3. The third-order valence-electron chi connectivity index (χ3n) is 7.55. The third kappa shape index (κ3) is 4.28. The van der Waals surface area contributed by atoms with Crippen molar-refractivity contribution in [3.8, 4) is 11.5 Å². The number of piperidine rings is 1. The molecule has 3 aliphatic heterocycles. The Bertz CT molecular complexity index is 1130. The normalized spacial score (nSPS) is 28.3. The van der Waals surface area contributed by atoms with Crippen LogP contribution in [0.1, 0.15) is 31.2 Å². The maximum Gasteiger partial charge on any atom is 0.257 e. The molecule has 3 unspecified atom stereocenters. The molecule has 8 heteroatoms. The number of carbonyl (C=O) groups excluding carboxylic acids is 2. The van der Waals surface area contributed by atoms with Gasteiger partial charge in [-0.05, 0) is 61.1 Å². The first-order valence-corrected chi connectivity index (χ1v) is 12.5. The van der Waals surface area contributed by atoms with Crippen LogP contribution in [0, 0.1) is 11.8 Å². The van der Waals surface area contributed by atoms with Crippen LogP contribution in [-0.4, -0.2) is 53.0 Å². The quantitative estimate of drug-likeness (QED) is 0.617.